The van der Waals surface area contributed by atoms with Gasteiger partial charge < -0.3 is 5.32 Å². The summed E-state index contributed by atoms with van der Waals surface area (Å²) in [6, 6.07) is 5.63. The maximum Gasteiger partial charge on any atom is 0.123 e. The van der Waals surface area contributed by atoms with E-state index >= 15 is 0 Å². The Labute approximate surface area is 111 Å². The molecule has 1 aromatic rings. The summed E-state index contributed by atoms with van der Waals surface area (Å²) in [6.07, 6.45) is 2.12. The summed E-state index contributed by atoms with van der Waals surface area (Å²) >= 11 is 0. The molecule has 0 saturated carbocycles. The second-order valence-electron chi connectivity index (χ2n) is 6.07. The maximum absolute atomic E-state index is 13.1. The topological polar surface area (TPSA) is 12.0 Å². The molecule has 0 aliphatic heterocycles. The fraction of sp³-hybridized carbons (Fsp3) is 0.625. The Balaban J connectivity index is 2.69. The summed E-state index contributed by atoms with van der Waals surface area (Å²) in [4.78, 5) is 0. The van der Waals surface area contributed by atoms with E-state index in [1.54, 1.807) is 12.1 Å². The van der Waals surface area contributed by atoms with Crippen molar-refractivity contribution in [2.45, 2.75) is 53.5 Å². The molecule has 102 valence electrons. The van der Waals surface area contributed by atoms with Crippen LogP contribution in [0.1, 0.15) is 45.2 Å². The van der Waals surface area contributed by atoms with Crippen LogP contribution in [0.2, 0.25) is 0 Å². The van der Waals surface area contributed by atoms with Gasteiger partial charge in [0.15, 0.2) is 0 Å². The average Bonchev–Trinajstić information content (AvgIpc) is 2.21. The van der Waals surface area contributed by atoms with Crippen LogP contribution in [0.5, 0.6) is 0 Å². The van der Waals surface area contributed by atoms with Gasteiger partial charge in [-0.15, -0.1) is 0 Å². The number of benzene rings is 1. The first-order valence-corrected chi connectivity index (χ1v) is 6.82. The van der Waals surface area contributed by atoms with Crippen molar-refractivity contribution in [2.75, 3.05) is 6.54 Å². The first-order valence-electron chi connectivity index (χ1n) is 6.82. The first-order chi connectivity index (χ1) is 8.34. The van der Waals surface area contributed by atoms with E-state index in [4.69, 9.17) is 0 Å². The highest BCUT2D eigenvalue weighted by molar-refractivity contribution is 5.27. The van der Waals surface area contributed by atoms with Crippen molar-refractivity contribution in [2.24, 2.45) is 5.41 Å². The van der Waals surface area contributed by atoms with Gasteiger partial charge in [0.1, 0.15) is 5.82 Å². The van der Waals surface area contributed by atoms with E-state index in [2.05, 4.69) is 33.0 Å². The van der Waals surface area contributed by atoms with E-state index < -0.39 is 0 Å². The molecular weight excluding hydrogens is 225 g/mol. The van der Waals surface area contributed by atoms with Gasteiger partial charge in [-0.3, -0.25) is 0 Å². The van der Waals surface area contributed by atoms with Gasteiger partial charge in [0.25, 0.3) is 0 Å². The van der Waals surface area contributed by atoms with Crippen molar-refractivity contribution in [3.05, 3.63) is 35.1 Å². The van der Waals surface area contributed by atoms with Crippen molar-refractivity contribution in [3.8, 4) is 0 Å². The maximum atomic E-state index is 13.1. The van der Waals surface area contributed by atoms with Gasteiger partial charge in [-0.25, -0.2) is 4.39 Å². The zero-order valence-corrected chi connectivity index (χ0v) is 12.3. The molecule has 1 nitrogen and oxygen atoms in total. The van der Waals surface area contributed by atoms with Gasteiger partial charge in [-0.1, -0.05) is 26.8 Å². The predicted octanol–water partition coefficient (Wildman–Crippen LogP) is 4.09. The van der Waals surface area contributed by atoms with E-state index in [0.29, 0.717) is 6.04 Å². The van der Waals surface area contributed by atoms with Gasteiger partial charge in [0.05, 0.1) is 0 Å². The average molecular weight is 251 g/mol. The predicted molar refractivity (Wildman–Crippen MR) is 76.4 cm³/mol. The summed E-state index contributed by atoms with van der Waals surface area (Å²) in [5, 5.41) is 3.45. The minimum absolute atomic E-state index is 0.143. The van der Waals surface area contributed by atoms with Gasteiger partial charge in [0.2, 0.25) is 0 Å². The molecule has 0 aliphatic carbocycles. The summed E-state index contributed by atoms with van der Waals surface area (Å²) in [6.45, 7) is 11.9. The molecule has 0 saturated heterocycles. The van der Waals surface area contributed by atoms with E-state index in [1.165, 1.54) is 5.56 Å². The lowest BCUT2D eigenvalue weighted by atomic mass is 9.79. The molecule has 0 heterocycles. The highest BCUT2D eigenvalue weighted by atomic mass is 19.1. The fourth-order valence-corrected chi connectivity index (χ4v) is 2.69. The highest BCUT2D eigenvalue weighted by Crippen LogP contribution is 2.29. The molecule has 1 N–H and O–H groups in total. The number of hydrogen-bond acceptors (Lipinski definition) is 1. The summed E-state index contributed by atoms with van der Waals surface area (Å²) < 4.78 is 13.1. The minimum atomic E-state index is -0.143. The van der Waals surface area contributed by atoms with Gasteiger partial charge in [-0.05, 0) is 61.9 Å². The molecule has 0 amide bonds. The van der Waals surface area contributed by atoms with Crippen molar-refractivity contribution in [1.82, 2.24) is 5.32 Å². The minimum Gasteiger partial charge on any atom is -0.315 e. The van der Waals surface area contributed by atoms with Crippen LogP contribution in [-0.2, 0) is 6.42 Å². The number of aryl methyl sites for hydroxylation is 1. The van der Waals surface area contributed by atoms with Crippen molar-refractivity contribution in [3.63, 3.8) is 0 Å². The number of halogens is 1. The quantitative estimate of drug-likeness (QED) is 0.803. The van der Waals surface area contributed by atoms with Crippen LogP contribution < -0.4 is 5.32 Å². The van der Waals surface area contributed by atoms with Crippen LogP contribution >= 0.6 is 0 Å². The smallest absolute Gasteiger partial charge is 0.123 e. The van der Waals surface area contributed by atoms with Crippen molar-refractivity contribution >= 4 is 0 Å². The monoisotopic (exact) mass is 251 g/mol. The fourth-order valence-electron chi connectivity index (χ4n) is 2.69. The summed E-state index contributed by atoms with van der Waals surface area (Å²) in [7, 11) is 0. The third-order valence-electron chi connectivity index (χ3n) is 3.39. The van der Waals surface area contributed by atoms with E-state index in [9.17, 15) is 4.39 Å². The van der Waals surface area contributed by atoms with Gasteiger partial charge in [-0.2, -0.15) is 0 Å². The lowest BCUT2D eigenvalue weighted by Crippen LogP contribution is -2.32. The normalized spacial score (nSPS) is 13.7. The first kappa shape index (κ1) is 15.2. The SMILES string of the molecule is CCNC(C)CC(C)(C)Cc1ccc(F)cc1C. The molecule has 0 aliphatic rings. The lowest BCUT2D eigenvalue weighted by molar-refractivity contribution is 0.288. The van der Waals surface area contributed by atoms with E-state index in [-0.39, 0.29) is 11.2 Å². The second kappa shape index (κ2) is 6.33. The molecule has 1 rings (SSSR count). The Bertz CT molecular complexity index is 385. The number of nitrogens with one attached hydrogen (secondary N) is 1. The van der Waals surface area contributed by atoms with Crippen molar-refractivity contribution < 1.29 is 4.39 Å². The van der Waals surface area contributed by atoms with Crippen LogP contribution in [0.4, 0.5) is 4.39 Å². The Morgan fingerprint density at radius 1 is 1.33 bits per heavy atom. The van der Waals surface area contributed by atoms with E-state index in [1.807, 2.05) is 13.0 Å². The molecule has 0 bridgehead atoms. The molecule has 18 heavy (non-hydrogen) atoms. The number of hydrogen-bond donors (Lipinski definition) is 1. The van der Waals surface area contributed by atoms with Crippen LogP contribution in [0, 0.1) is 18.2 Å². The van der Waals surface area contributed by atoms with Crippen LogP contribution in [-0.4, -0.2) is 12.6 Å². The zero-order chi connectivity index (χ0) is 13.8. The highest BCUT2D eigenvalue weighted by Gasteiger charge is 2.22. The Hall–Kier alpha value is -0.890. The van der Waals surface area contributed by atoms with E-state index in [0.717, 1.165) is 24.9 Å². The largest absolute Gasteiger partial charge is 0.315 e. The molecule has 0 aromatic heterocycles. The third kappa shape index (κ3) is 4.77. The number of rotatable bonds is 6. The molecule has 1 aromatic carbocycles. The van der Waals surface area contributed by atoms with Crippen LogP contribution in [0.25, 0.3) is 0 Å². The van der Waals surface area contributed by atoms with Crippen LogP contribution in [0.3, 0.4) is 0 Å². The zero-order valence-electron chi connectivity index (χ0n) is 12.3. The Morgan fingerprint density at radius 2 is 2.00 bits per heavy atom. The standard InChI is InChI=1S/C16H26FN/c1-6-18-13(3)10-16(4,5)11-14-7-8-15(17)9-12(14)2/h7-9,13,18H,6,10-11H2,1-5H3. The van der Waals surface area contributed by atoms with Crippen molar-refractivity contribution in [1.29, 1.82) is 0 Å². The molecular formula is C16H26FN. The van der Waals surface area contributed by atoms with Gasteiger partial charge >= 0.3 is 0 Å². The molecule has 2 heteroatoms. The Morgan fingerprint density at radius 3 is 2.56 bits per heavy atom. The Kier molecular flexibility index (Phi) is 5.33. The van der Waals surface area contributed by atoms with Gasteiger partial charge in [0, 0.05) is 6.04 Å². The second-order valence-corrected chi connectivity index (χ2v) is 6.07. The third-order valence-corrected chi connectivity index (χ3v) is 3.39. The lowest BCUT2D eigenvalue weighted by Gasteiger charge is -2.29. The molecule has 1 atom stereocenters. The van der Waals surface area contributed by atoms with Crippen LogP contribution in [0.15, 0.2) is 18.2 Å². The molecule has 0 radical (unpaired) electrons. The molecule has 0 spiro atoms. The molecule has 1 unspecified atom stereocenters. The molecule has 0 fully saturated rings. The summed E-state index contributed by atoms with van der Waals surface area (Å²) in [5.41, 5.74) is 2.54. The summed E-state index contributed by atoms with van der Waals surface area (Å²) in [5.74, 6) is -0.143.